The molecule has 1 atom stereocenters. The molecule has 1 aliphatic rings. The molecular weight excluding hydrogens is 245 g/mol. The van der Waals surface area contributed by atoms with Gasteiger partial charge >= 0.3 is 6.18 Å². The Hall–Kier alpha value is -1.65. The summed E-state index contributed by atoms with van der Waals surface area (Å²) in [5.74, 6) is -1.23. The van der Waals surface area contributed by atoms with E-state index in [1.54, 1.807) is 0 Å². The quantitative estimate of drug-likeness (QED) is 0.761. The minimum absolute atomic E-state index is 0.0576. The van der Waals surface area contributed by atoms with Gasteiger partial charge in [0, 0.05) is 24.3 Å². The summed E-state index contributed by atoms with van der Waals surface area (Å²) in [6.45, 7) is 0. The van der Waals surface area contributed by atoms with Crippen molar-refractivity contribution in [2.24, 2.45) is 5.92 Å². The summed E-state index contributed by atoms with van der Waals surface area (Å²) in [4.78, 5) is 23.1. The number of rotatable bonds is 2. The van der Waals surface area contributed by atoms with E-state index in [4.69, 9.17) is 0 Å². The number of hydrogen-bond donors (Lipinski definition) is 0. The van der Waals surface area contributed by atoms with Crippen LogP contribution in [0.25, 0.3) is 0 Å². The number of alkyl halides is 3. The van der Waals surface area contributed by atoms with E-state index in [2.05, 4.69) is 0 Å². The van der Waals surface area contributed by atoms with Crippen LogP contribution in [0.3, 0.4) is 0 Å². The number of halogens is 3. The minimum atomic E-state index is -4.55. The highest BCUT2D eigenvalue weighted by molar-refractivity contribution is 6.02. The second-order valence-corrected chi connectivity index (χ2v) is 4.39. The SMILES string of the molecule is O=C1CCC(C(=O)c2ccccc2C(F)(F)F)C1. The minimum Gasteiger partial charge on any atom is -0.300 e. The average molecular weight is 256 g/mol. The van der Waals surface area contributed by atoms with Gasteiger partial charge in [0.1, 0.15) is 5.78 Å². The van der Waals surface area contributed by atoms with Crippen molar-refractivity contribution in [2.75, 3.05) is 0 Å². The summed E-state index contributed by atoms with van der Waals surface area (Å²) in [5, 5.41) is 0. The highest BCUT2D eigenvalue weighted by atomic mass is 19.4. The fourth-order valence-electron chi connectivity index (χ4n) is 2.20. The number of Topliss-reactive ketones (excluding diaryl/α,β-unsaturated/α-hetero) is 2. The first kappa shape index (κ1) is 12.8. The standard InChI is InChI=1S/C13H11F3O2/c14-13(15,16)11-4-2-1-3-10(11)12(18)8-5-6-9(17)7-8/h1-4,8H,5-7H2. The van der Waals surface area contributed by atoms with Gasteiger partial charge in [0.15, 0.2) is 5.78 Å². The maximum Gasteiger partial charge on any atom is 0.417 e. The number of ketones is 2. The van der Waals surface area contributed by atoms with E-state index < -0.39 is 23.4 Å². The summed E-state index contributed by atoms with van der Waals surface area (Å²) >= 11 is 0. The van der Waals surface area contributed by atoms with E-state index in [1.165, 1.54) is 18.2 Å². The van der Waals surface area contributed by atoms with Crippen LogP contribution >= 0.6 is 0 Å². The molecule has 0 radical (unpaired) electrons. The summed E-state index contributed by atoms with van der Waals surface area (Å²) in [6.07, 6.45) is -3.85. The van der Waals surface area contributed by atoms with Crippen molar-refractivity contribution in [3.63, 3.8) is 0 Å². The zero-order valence-corrected chi connectivity index (χ0v) is 9.46. The van der Waals surface area contributed by atoms with Crippen LogP contribution in [0.4, 0.5) is 13.2 Å². The van der Waals surface area contributed by atoms with Crippen molar-refractivity contribution in [3.8, 4) is 0 Å². The number of carbonyl (C=O) groups excluding carboxylic acids is 2. The molecule has 1 aliphatic carbocycles. The van der Waals surface area contributed by atoms with Crippen LogP contribution in [0.1, 0.15) is 35.2 Å². The molecule has 1 aromatic carbocycles. The van der Waals surface area contributed by atoms with Crippen LogP contribution in [0.15, 0.2) is 24.3 Å². The molecule has 0 heterocycles. The molecule has 0 spiro atoms. The Morgan fingerprint density at radius 3 is 2.44 bits per heavy atom. The van der Waals surface area contributed by atoms with E-state index in [9.17, 15) is 22.8 Å². The Morgan fingerprint density at radius 2 is 1.89 bits per heavy atom. The van der Waals surface area contributed by atoms with Gasteiger partial charge in [-0.05, 0) is 12.5 Å². The molecule has 0 amide bonds. The Labute approximate surface area is 102 Å². The van der Waals surface area contributed by atoms with E-state index in [0.29, 0.717) is 6.42 Å². The molecule has 0 N–H and O–H groups in total. The third-order valence-electron chi connectivity index (χ3n) is 3.11. The van der Waals surface area contributed by atoms with Crippen molar-refractivity contribution in [3.05, 3.63) is 35.4 Å². The normalized spacial score (nSPS) is 20.2. The molecule has 18 heavy (non-hydrogen) atoms. The molecule has 0 bridgehead atoms. The van der Waals surface area contributed by atoms with Crippen molar-refractivity contribution in [1.82, 2.24) is 0 Å². The molecule has 1 fully saturated rings. The fraction of sp³-hybridized carbons (Fsp3) is 0.385. The summed E-state index contributed by atoms with van der Waals surface area (Å²) in [6, 6.07) is 4.72. The zero-order valence-electron chi connectivity index (χ0n) is 9.46. The third-order valence-corrected chi connectivity index (χ3v) is 3.11. The molecular formula is C13H11F3O2. The molecule has 2 nitrogen and oxygen atoms in total. The lowest BCUT2D eigenvalue weighted by Gasteiger charge is -2.14. The first-order chi connectivity index (χ1) is 8.39. The van der Waals surface area contributed by atoms with Crippen LogP contribution in [0, 0.1) is 5.92 Å². The van der Waals surface area contributed by atoms with Crippen molar-refractivity contribution < 1.29 is 22.8 Å². The first-order valence-corrected chi connectivity index (χ1v) is 5.61. The lowest BCUT2D eigenvalue weighted by Crippen LogP contribution is -2.18. The Balaban J connectivity index is 2.34. The average Bonchev–Trinajstić information content (AvgIpc) is 2.74. The molecule has 1 aromatic rings. The topological polar surface area (TPSA) is 34.1 Å². The first-order valence-electron chi connectivity index (χ1n) is 5.61. The summed E-state index contributed by atoms with van der Waals surface area (Å²) in [7, 11) is 0. The van der Waals surface area contributed by atoms with Crippen LogP contribution in [-0.4, -0.2) is 11.6 Å². The van der Waals surface area contributed by atoms with Gasteiger partial charge in [0.25, 0.3) is 0 Å². The maximum atomic E-state index is 12.8. The monoisotopic (exact) mass is 256 g/mol. The number of carbonyl (C=O) groups is 2. The second-order valence-electron chi connectivity index (χ2n) is 4.39. The fourth-order valence-corrected chi connectivity index (χ4v) is 2.20. The van der Waals surface area contributed by atoms with Gasteiger partial charge in [0.05, 0.1) is 5.56 Å². The van der Waals surface area contributed by atoms with Gasteiger partial charge in [-0.1, -0.05) is 18.2 Å². The van der Waals surface area contributed by atoms with E-state index in [-0.39, 0.29) is 24.2 Å². The Bertz CT molecular complexity index is 491. The molecule has 0 aliphatic heterocycles. The van der Waals surface area contributed by atoms with Crippen LogP contribution in [0.2, 0.25) is 0 Å². The van der Waals surface area contributed by atoms with Gasteiger partial charge in [-0.15, -0.1) is 0 Å². The van der Waals surface area contributed by atoms with Gasteiger partial charge < -0.3 is 0 Å². The lowest BCUT2D eigenvalue weighted by atomic mass is 9.93. The van der Waals surface area contributed by atoms with Crippen LogP contribution in [-0.2, 0) is 11.0 Å². The zero-order chi connectivity index (χ0) is 13.3. The van der Waals surface area contributed by atoms with E-state index in [1.807, 2.05) is 0 Å². The van der Waals surface area contributed by atoms with Crippen molar-refractivity contribution in [1.29, 1.82) is 0 Å². The molecule has 0 aromatic heterocycles. The molecule has 2 rings (SSSR count). The van der Waals surface area contributed by atoms with E-state index >= 15 is 0 Å². The summed E-state index contributed by atoms with van der Waals surface area (Å²) < 4.78 is 38.3. The van der Waals surface area contributed by atoms with Gasteiger partial charge in [0.2, 0.25) is 0 Å². The number of benzene rings is 1. The van der Waals surface area contributed by atoms with Gasteiger partial charge in [-0.25, -0.2) is 0 Å². The molecule has 5 heteroatoms. The lowest BCUT2D eigenvalue weighted by molar-refractivity contribution is -0.137. The summed E-state index contributed by atoms with van der Waals surface area (Å²) in [5.41, 5.74) is -1.25. The molecule has 1 unspecified atom stereocenters. The van der Waals surface area contributed by atoms with Gasteiger partial charge in [-0.3, -0.25) is 9.59 Å². The predicted molar refractivity (Wildman–Crippen MR) is 58.1 cm³/mol. The highest BCUT2D eigenvalue weighted by Crippen LogP contribution is 2.34. The van der Waals surface area contributed by atoms with Gasteiger partial charge in [-0.2, -0.15) is 13.2 Å². The predicted octanol–water partition coefficient (Wildman–Crippen LogP) is 3.26. The van der Waals surface area contributed by atoms with Crippen LogP contribution in [0.5, 0.6) is 0 Å². The number of hydrogen-bond acceptors (Lipinski definition) is 2. The molecule has 1 saturated carbocycles. The second kappa shape index (κ2) is 4.55. The largest absolute Gasteiger partial charge is 0.417 e. The van der Waals surface area contributed by atoms with Crippen molar-refractivity contribution >= 4 is 11.6 Å². The highest BCUT2D eigenvalue weighted by Gasteiger charge is 2.37. The maximum absolute atomic E-state index is 12.8. The van der Waals surface area contributed by atoms with Crippen LogP contribution < -0.4 is 0 Å². The van der Waals surface area contributed by atoms with Crippen molar-refractivity contribution in [2.45, 2.75) is 25.4 Å². The molecule has 0 saturated heterocycles. The van der Waals surface area contributed by atoms with E-state index in [0.717, 1.165) is 6.07 Å². The Kier molecular flexibility index (Phi) is 3.24. The smallest absolute Gasteiger partial charge is 0.300 e. The third kappa shape index (κ3) is 2.44. The molecule has 96 valence electrons. The Morgan fingerprint density at radius 1 is 1.22 bits per heavy atom.